The van der Waals surface area contributed by atoms with Crippen molar-refractivity contribution in [3.05, 3.63) is 48.4 Å². The average molecular weight is 386 g/mol. The Morgan fingerprint density at radius 2 is 2.12 bits per heavy atom. The second kappa shape index (κ2) is 10.1. The second-order valence-corrected chi connectivity index (χ2v) is 5.49. The molecule has 1 aromatic carbocycles. The number of hydrogen-bond acceptors (Lipinski definition) is 6. The smallest absolute Gasteiger partial charge is 0.251 e. The molecule has 1 saturated heterocycles. The van der Waals surface area contributed by atoms with Gasteiger partial charge in [0.15, 0.2) is 0 Å². The lowest BCUT2D eigenvalue weighted by molar-refractivity contribution is 0.0927. The van der Waals surface area contributed by atoms with Crippen molar-refractivity contribution in [2.45, 2.75) is 6.10 Å². The number of β-amino-alcohol motifs (C(OH)–C–C–N with tert-alkyl or cyclic N) is 1. The number of hydrogen-bond donors (Lipinski definition) is 4. The van der Waals surface area contributed by atoms with Gasteiger partial charge in [-0.3, -0.25) is 9.78 Å². The van der Waals surface area contributed by atoms with Gasteiger partial charge in [0.2, 0.25) is 0 Å². The molecular weight excluding hydrogens is 365 g/mol. The van der Waals surface area contributed by atoms with Crippen molar-refractivity contribution in [1.82, 2.24) is 20.6 Å². The summed E-state index contributed by atoms with van der Waals surface area (Å²) in [7, 11) is 0. The lowest BCUT2D eigenvalue weighted by atomic mass is 10.1. The molecule has 2 unspecified atom stereocenters. The minimum absolute atomic E-state index is 0. The topological polar surface area (TPSA) is 99.2 Å². The molecule has 4 N–H and O–H groups in total. The van der Waals surface area contributed by atoms with Crippen LogP contribution in [0.4, 0.5) is 11.5 Å². The predicted octanol–water partition coefficient (Wildman–Crippen LogP) is 1.37. The van der Waals surface area contributed by atoms with Crippen LogP contribution in [0.5, 0.6) is 0 Å². The highest BCUT2D eigenvalue weighted by atomic mass is 35.5. The largest absolute Gasteiger partial charge is 0.391 e. The van der Waals surface area contributed by atoms with Crippen LogP contribution in [-0.2, 0) is 0 Å². The molecule has 0 radical (unpaired) electrons. The van der Waals surface area contributed by atoms with Crippen LogP contribution >= 0.6 is 24.8 Å². The number of carbonyl (C=O) groups is 1. The third kappa shape index (κ3) is 5.82. The molecule has 136 valence electrons. The molecule has 1 aliphatic heterocycles. The zero-order chi connectivity index (χ0) is 16.1. The van der Waals surface area contributed by atoms with Gasteiger partial charge < -0.3 is 21.1 Å². The van der Waals surface area contributed by atoms with E-state index in [0.717, 1.165) is 12.2 Å². The minimum atomic E-state index is -0.403. The molecular formula is C16H21Cl2N5O2. The van der Waals surface area contributed by atoms with Gasteiger partial charge in [-0.05, 0) is 18.2 Å². The fourth-order valence-corrected chi connectivity index (χ4v) is 2.50. The number of carbonyl (C=O) groups excluding carboxylic acids is 1. The first-order chi connectivity index (χ1) is 11.2. The predicted molar refractivity (Wildman–Crippen MR) is 101 cm³/mol. The molecule has 2 aromatic rings. The number of amides is 1. The Morgan fingerprint density at radius 3 is 2.80 bits per heavy atom. The van der Waals surface area contributed by atoms with Crippen LogP contribution < -0.4 is 16.0 Å². The lowest BCUT2D eigenvalue weighted by Crippen LogP contribution is -2.34. The summed E-state index contributed by atoms with van der Waals surface area (Å²) >= 11 is 0. The molecule has 25 heavy (non-hydrogen) atoms. The van der Waals surface area contributed by atoms with Gasteiger partial charge in [-0.15, -0.1) is 24.8 Å². The quantitative estimate of drug-likeness (QED) is 0.620. The van der Waals surface area contributed by atoms with Gasteiger partial charge in [-0.2, -0.15) is 0 Å². The molecule has 0 saturated carbocycles. The van der Waals surface area contributed by atoms with Gasteiger partial charge >= 0.3 is 0 Å². The van der Waals surface area contributed by atoms with Gasteiger partial charge in [0.25, 0.3) is 5.91 Å². The number of rotatable bonds is 5. The van der Waals surface area contributed by atoms with Crippen molar-refractivity contribution in [3.8, 4) is 0 Å². The molecule has 9 heteroatoms. The van der Waals surface area contributed by atoms with E-state index in [0.29, 0.717) is 24.5 Å². The zero-order valence-electron chi connectivity index (χ0n) is 13.4. The second-order valence-electron chi connectivity index (χ2n) is 5.49. The summed E-state index contributed by atoms with van der Waals surface area (Å²) in [6.45, 7) is 1.75. The van der Waals surface area contributed by atoms with E-state index in [2.05, 4.69) is 25.9 Å². The maximum absolute atomic E-state index is 12.2. The zero-order valence-corrected chi connectivity index (χ0v) is 15.0. The van der Waals surface area contributed by atoms with Crippen molar-refractivity contribution in [2.75, 3.05) is 25.0 Å². The molecule has 2 atom stereocenters. The number of nitrogens with one attached hydrogen (secondary N) is 3. The molecule has 0 bridgehead atoms. The molecule has 7 nitrogen and oxygen atoms in total. The van der Waals surface area contributed by atoms with Gasteiger partial charge in [0.05, 0.1) is 12.3 Å². The van der Waals surface area contributed by atoms with Crippen molar-refractivity contribution in [3.63, 3.8) is 0 Å². The van der Waals surface area contributed by atoms with E-state index in [1.165, 1.54) is 0 Å². The molecule has 1 aromatic heterocycles. The normalized spacial score (nSPS) is 18.6. The Labute approximate surface area is 158 Å². The van der Waals surface area contributed by atoms with Crippen LogP contribution in [0.15, 0.2) is 42.9 Å². The van der Waals surface area contributed by atoms with E-state index < -0.39 is 6.10 Å². The van der Waals surface area contributed by atoms with Gasteiger partial charge in [-0.1, -0.05) is 6.07 Å². The van der Waals surface area contributed by atoms with Crippen LogP contribution in [0.25, 0.3) is 0 Å². The van der Waals surface area contributed by atoms with Gasteiger partial charge in [-0.25, -0.2) is 4.98 Å². The van der Waals surface area contributed by atoms with Crippen LogP contribution in [-0.4, -0.2) is 46.7 Å². The maximum atomic E-state index is 12.2. The Kier molecular flexibility index (Phi) is 8.57. The SMILES string of the molecule is Cl.Cl.O=C(NCC1CNCC1O)c1cccc(Nc2cnccn2)c1. The number of aliphatic hydroxyl groups excluding tert-OH is 1. The number of nitrogens with zero attached hydrogens (tertiary/aromatic N) is 2. The molecule has 1 aliphatic rings. The fraction of sp³-hybridized carbons (Fsp3) is 0.312. The highest BCUT2D eigenvalue weighted by molar-refractivity contribution is 5.95. The minimum Gasteiger partial charge on any atom is -0.391 e. The summed E-state index contributed by atoms with van der Waals surface area (Å²) in [5, 5.41) is 18.8. The van der Waals surface area contributed by atoms with E-state index >= 15 is 0 Å². The lowest BCUT2D eigenvalue weighted by Gasteiger charge is -2.14. The van der Waals surface area contributed by atoms with Crippen LogP contribution in [0.2, 0.25) is 0 Å². The molecule has 2 heterocycles. The van der Waals surface area contributed by atoms with Gasteiger partial charge in [0, 0.05) is 49.2 Å². The number of benzene rings is 1. The highest BCUT2D eigenvalue weighted by Crippen LogP contribution is 2.15. The Morgan fingerprint density at radius 1 is 1.28 bits per heavy atom. The van der Waals surface area contributed by atoms with Crippen LogP contribution in [0.1, 0.15) is 10.4 Å². The first-order valence-corrected chi connectivity index (χ1v) is 7.52. The third-order valence-electron chi connectivity index (χ3n) is 3.79. The average Bonchev–Trinajstić information content (AvgIpc) is 2.99. The van der Waals surface area contributed by atoms with Crippen molar-refractivity contribution >= 4 is 42.2 Å². The summed E-state index contributed by atoms with van der Waals surface area (Å²) < 4.78 is 0. The Hall–Kier alpha value is -1.93. The Balaban J connectivity index is 0.00000156. The molecule has 0 aliphatic carbocycles. The monoisotopic (exact) mass is 385 g/mol. The highest BCUT2D eigenvalue weighted by Gasteiger charge is 2.25. The van der Waals surface area contributed by atoms with Crippen molar-refractivity contribution in [1.29, 1.82) is 0 Å². The number of aliphatic hydroxyl groups is 1. The molecule has 0 spiro atoms. The Bertz CT molecular complexity index is 675. The van der Waals surface area contributed by atoms with E-state index in [-0.39, 0.29) is 36.6 Å². The summed E-state index contributed by atoms with van der Waals surface area (Å²) in [5.74, 6) is 0.511. The number of halogens is 2. The van der Waals surface area contributed by atoms with Crippen LogP contribution in [0.3, 0.4) is 0 Å². The summed E-state index contributed by atoms with van der Waals surface area (Å²) in [4.78, 5) is 20.4. The van der Waals surface area contributed by atoms with Crippen molar-refractivity contribution < 1.29 is 9.90 Å². The standard InChI is InChI=1S/C16H19N5O2.2ClH/c22-14-9-18-7-12(14)8-20-16(23)11-2-1-3-13(6-11)21-15-10-17-4-5-19-15;;/h1-6,10,12,14,18,22H,7-9H2,(H,19,21)(H,20,23);2*1H. The maximum Gasteiger partial charge on any atom is 0.251 e. The third-order valence-corrected chi connectivity index (χ3v) is 3.79. The fourth-order valence-electron chi connectivity index (χ4n) is 2.50. The molecule has 1 fully saturated rings. The van der Waals surface area contributed by atoms with E-state index in [9.17, 15) is 9.90 Å². The first kappa shape index (κ1) is 21.1. The van der Waals surface area contributed by atoms with Crippen LogP contribution in [0, 0.1) is 5.92 Å². The molecule has 1 amide bonds. The van der Waals surface area contributed by atoms with E-state index in [1.54, 1.807) is 36.8 Å². The number of anilines is 2. The van der Waals surface area contributed by atoms with E-state index in [4.69, 9.17) is 0 Å². The summed E-state index contributed by atoms with van der Waals surface area (Å²) in [5.41, 5.74) is 1.32. The van der Waals surface area contributed by atoms with Gasteiger partial charge in [0.1, 0.15) is 5.82 Å². The first-order valence-electron chi connectivity index (χ1n) is 7.52. The molecule has 3 rings (SSSR count). The summed E-state index contributed by atoms with van der Waals surface area (Å²) in [6.07, 6.45) is 4.41. The summed E-state index contributed by atoms with van der Waals surface area (Å²) in [6, 6.07) is 7.17. The van der Waals surface area contributed by atoms with Crippen molar-refractivity contribution in [2.24, 2.45) is 5.92 Å². The number of aromatic nitrogens is 2. The van der Waals surface area contributed by atoms with E-state index in [1.807, 2.05) is 6.07 Å².